The van der Waals surface area contributed by atoms with E-state index in [4.69, 9.17) is 32.7 Å². The minimum absolute atomic E-state index is 0.0764. The molecule has 1 amide bonds. The van der Waals surface area contributed by atoms with Gasteiger partial charge in [-0.2, -0.15) is 5.26 Å². The van der Waals surface area contributed by atoms with E-state index in [1.807, 2.05) is 43.3 Å². The molecule has 0 aromatic heterocycles. The molecule has 0 saturated carbocycles. The van der Waals surface area contributed by atoms with Crippen molar-refractivity contribution in [2.24, 2.45) is 0 Å². The van der Waals surface area contributed by atoms with Crippen LogP contribution in [0.2, 0.25) is 10.0 Å². The highest BCUT2D eigenvalue weighted by molar-refractivity contribution is 14.1. The molecule has 5 nitrogen and oxygen atoms in total. The Labute approximate surface area is 216 Å². The van der Waals surface area contributed by atoms with E-state index >= 15 is 0 Å². The van der Waals surface area contributed by atoms with Gasteiger partial charge in [-0.1, -0.05) is 47.5 Å². The van der Waals surface area contributed by atoms with E-state index in [1.54, 1.807) is 25.3 Å². The molecule has 3 aromatic carbocycles. The molecule has 3 aromatic rings. The predicted octanol–water partition coefficient (Wildman–Crippen LogP) is 7.04. The number of hydrogen-bond donors (Lipinski definition) is 1. The zero-order valence-corrected chi connectivity index (χ0v) is 21.5. The van der Waals surface area contributed by atoms with Crippen LogP contribution in [0.4, 0.5) is 5.69 Å². The molecule has 168 valence electrons. The Morgan fingerprint density at radius 1 is 1.15 bits per heavy atom. The molecule has 0 heterocycles. The highest BCUT2D eigenvalue weighted by Gasteiger charge is 2.15. The number of carbonyl (C=O) groups is 1. The quantitative estimate of drug-likeness (QED) is 0.181. The average Bonchev–Trinajstić information content (AvgIpc) is 2.79. The summed E-state index contributed by atoms with van der Waals surface area (Å²) >= 11 is 14.0. The molecular formula is C25H19Cl2IN2O3. The Balaban J connectivity index is 1.83. The minimum atomic E-state index is -0.565. The summed E-state index contributed by atoms with van der Waals surface area (Å²) in [6, 6.07) is 18.2. The normalized spacial score (nSPS) is 11.0. The first-order chi connectivity index (χ1) is 15.8. The third-order valence-corrected chi connectivity index (χ3v) is 6.28. The van der Waals surface area contributed by atoms with E-state index in [0.29, 0.717) is 39.4 Å². The number of benzene rings is 3. The van der Waals surface area contributed by atoms with Crippen LogP contribution in [-0.4, -0.2) is 13.0 Å². The number of anilines is 1. The van der Waals surface area contributed by atoms with Crippen LogP contribution in [0, 0.1) is 21.8 Å². The first kappa shape index (κ1) is 24.9. The molecule has 8 heteroatoms. The van der Waals surface area contributed by atoms with Gasteiger partial charge in [0.2, 0.25) is 0 Å². The van der Waals surface area contributed by atoms with Gasteiger partial charge in [0.1, 0.15) is 18.2 Å². The standard InChI is InChI=1S/C25H19Cl2IN2O3/c1-15-5-3-4-6-17(15)14-33-24-22(28)10-16(11-23(24)32-2)9-18(13-29)25(31)30-19-7-8-20(26)21(27)12-19/h3-12H,14H2,1-2H3,(H,30,31)/b18-9+. The summed E-state index contributed by atoms with van der Waals surface area (Å²) in [5.74, 6) is 0.533. The summed E-state index contributed by atoms with van der Waals surface area (Å²) in [6.45, 7) is 2.42. The van der Waals surface area contributed by atoms with Crippen molar-refractivity contribution in [3.05, 3.63) is 90.5 Å². The number of halogens is 3. The van der Waals surface area contributed by atoms with Gasteiger partial charge in [0.05, 0.1) is 20.7 Å². The summed E-state index contributed by atoms with van der Waals surface area (Å²) in [4.78, 5) is 12.6. The lowest BCUT2D eigenvalue weighted by Crippen LogP contribution is -2.13. The van der Waals surface area contributed by atoms with E-state index in [9.17, 15) is 10.1 Å². The van der Waals surface area contributed by atoms with Gasteiger partial charge in [0, 0.05) is 5.69 Å². The first-order valence-corrected chi connectivity index (χ1v) is 11.6. The van der Waals surface area contributed by atoms with E-state index in [1.165, 1.54) is 12.1 Å². The van der Waals surface area contributed by atoms with Crippen molar-refractivity contribution in [3.63, 3.8) is 0 Å². The fourth-order valence-corrected chi connectivity index (χ4v) is 4.05. The van der Waals surface area contributed by atoms with Crippen LogP contribution in [0.1, 0.15) is 16.7 Å². The van der Waals surface area contributed by atoms with Crippen molar-refractivity contribution < 1.29 is 14.3 Å². The number of carbonyl (C=O) groups excluding carboxylic acids is 1. The highest BCUT2D eigenvalue weighted by atomic mass is 127. The SMILES string of the molecule is COc1cc(/C=C(\C#N)C(=O)Nc2ccc(Cl)c(Cl)c2)cc(I)c1OCc1ccccc1C. The summed E-state index contributed by atoms with van der Waals surface area (Å²) in [5.41, 5.74) is 3.19. The minimum Gasteiger partial charge on any atom is -0.493 e. The number of ether oxygens (including phenoxy) is 2. The molecule has 0 radical (unpaired) electrons. The van der Waals surface area contributed by atoms with Gasteiger partial charge in [-0.25, -0.2) is 0 Å². The van der Waals surface area contributed by atoms with Gasteiger partial charge in [-0.05, 0) is 82.6 Å². The fraction of sp³-hybridized carbons (Fsp3) is 0.120. The van der Waals surface area contributed by atoms with Crippen LogP contribution in [0.5, 0.6) is 11.5 Å². The van der Waals surface area contributed by atoms with Crippen molar-refractivity contribution in [3.8, 4) is 17.6 Å². The van der Waals surface area contributed by atoms with Crippen LogP contribution in [0.15, 0.2) is 60.2 Å². The van der Waals surface area contributed by atoms with Crippen LogP contribution in [0.3, 0.4) is 0 Å². The Morgan fingerprint density at radius 3 is 2.58 bits per heavy atom. The molecule has 0 bridgehead atoms. The van der Waals surface area contributed by atoms with Crippen LogP contribution < -0.4 is 14.8 Å². The average molecular weight is 593 g/mol. The lowest BCUT2D eigenvalue weighted by atomic mass is 10.1. The number of methoxy groups -OCH3 is 1. The summed E-state index contributed by atoms with van der Waals surface area (Å²) < 4.78 is 12.3. The van der Waals surface area contributed by atoms with E-state index in [2.05, 4.69) is 27.9 Å². The maximum atomic E-state index is 12.6. The van der Waals surface area contributed by atoms with Crippen molar-refractivity contribution >= 4 is 63.5 Å². The number of nitrogens with one attached hydrogen (secondary N) is 1. The lowest BCUT2D eigenvalue weighted by molar-refractivity contribution is -0.112. The van der Waals surface area contributed by atoms with Crippen LogP contribution in [0.25, 0.3) is 6.08 Å². The number of amides is 1. The first-order valence-electron chi connectivity index (χ1n) is 9.75. The Bertz CT molecular complexity index is 1270. The van der Waals surface area contributed by atoms with E-state index in [0.717, 1.165) is 14.7 Å². The van der Waals surface area contributed by atoms with Gasteiger partial charge in [-0.15, -0.1) is 0 Å². The molecule has 3 rings (SSSR count). The molecule has 0 aliphatic heterocycles. The second kappa shape index (κ2) is 11.4. The molecule has 0 aliphatic carbocycles. The van der Waals surface area contributed by atoms with Gasteiger partial charge in [0.25, 0.3) is 5.91 Å². The second-order valence-corrected chi connectivity index (χ2v) is 8.98. The third-order valence-electron chi connectivity index (χ3n) is 4.74. The fourth-order valence-electron chi connectivity index (χ4n) is 2.97. The molecule has 0 saturated heterocycles. The van der Waals surface area contributed by atoms with Crippen molar-refractivity contribution in [2.75, 3.05) is 12.4 Å². The number of hydrogen-bond acceptors (Lipinski definition) is 4. The Hall–Kier alpha value is -2.73. The summed E-state index contributed by atoms with van der Waals surface area (Å²) in [5, 5.41) is 12.9. The number of rotatable bonds is 7. The van der Waals surface area contributed by atoms with Gasteiger partial charge < -0.3 is 14.8 Å². The van der Waals surface area contributed by atoms with Crippen molar-refractivity contribution in [1.82, 2.24) is 0 Å². The third kappa shape index (κ3) is 6.41. The molecule has 33 heavy (non-hydrogen) atoms. The number of aryl methyl sites for hydroxylation is 1. The summed E-state index contributed by atoms with van der Waals surface area (Å²) in [6.07, 6.45) is 1.49. The lowest BCUT2D eigenvalue weighted by Gasteiger charge is -2.15. The Morgan fingerprint density at radius 2 is 1.91 bits per heavy atom. The highest BCUT2D eigenvalue weighted by Crippen LogP contribution is 2.35. The molecule has 0 spiro atoms. The summed E-state index contributed by atoms with van der Waals surface area (Å²) in [7, 11) is 1.54. The van der Waals surface area contributed by atoms with Crippen molar-refractivity contribution in [1.29, 1.82) is 5.26 Å². The second-order valence-electron chi connectivity index (χ2n) is 7.00. The molecule has 0 unspecified atom stereocenters. The van der Waals surface area contributed by atoms with Crippen LogP contribution in [-0.2, 0) is 11.4 Å². The van der Waals surface area contributed by atoms with Crippen molar-refractivity contribution in [2.45, 2.75) is 13.5 Å². The Kier molecular flexibility index (Phi) is 8.61. The van der Waals surface area contributed by atoms with Gasteiger partial charge in [0.15, 0.2) is 11.5 Å². The molecule has 1 N–H and O–H groups in total. The van der Waals surface area contributed by atoms with Gasteiger partial charge >= 0.3 is 0 Å². The smallest absolute Gasteiger partial charge is 0.266 e. The predicted molar refractivity (Wildman–Crippen MR) is 140 cm³/mol. The van der Waals surface area contributed by atoms with E-state index in [-0.39, 0.29) is 5.57 Å². The maximum absolute atomic E-state index is 12.6. The zero-order valence-electron chi connectivity index (χ0n) is 17.8. The maximum Gasteiger partial charge on any atom is 0.266 e. The van der Waals surface area contributed by atoms with E-state index < -0.39 is 5.91 Å². The molecule has 0 aliphatic rings. The van der Waals surface area contributed by atoms with Gasteiger partial charge in [-0.3, -0.25) is 4.79 Å². The number of nitriles is 1. The topological polar surface area (TPSA) is 71.3 Å². The molecule has 0 fully saturated rings. The molecule has 0 atom stereocenters. The zero-order chi connectivity index (χ0) is 24.0. The largest absolute Gasteiger partial charge is 0.493 e. The monoisotopic (exact) mass is 592 g/mol. The van der Waals surface area contributed by atoms with Crippen LogP contribution >= 0.6 is 45.8 Å². The number of nitrogens with zero attached hydrogens (tertiary/aromatic N) is 1. The molecular weight excluding hydrogens is 574 g/mol.